The van der Waals surface area contributed by atoms with E-state index in [2.05, 4.69) is 4.98 Å². The van der Waals surface area contributed by atoms with Crippen molar-refractivity contribution < 1.29 is 24.1 Å². The number of carbonyl (C=O) groups excluding carboxylic acids is 1. The van der Waals surface area contributed by atoms with Crippen LogP contribution in [0.25, 0.3) is 0 Å². The van der Waals surface area contributed by atoms with Crippen molar-refractivity contribution >= 4 is 17.6 Å². The van der Waals surface area contributed by atoms with Crippen molar-refractivity contribution in [3.63, 3.8) is 0 Å². The van der Waals surface area contributed by atoms with Crippen molar-refractivity contribution in [1.82, 2.24) is 4.98 Å². The minimum absolute atomic E-state index is 0.0523. The van der Waals surface area contributed by atoms with Gasteiger partial charge in [-0.15, -0.1) is 0 Å². The smallest absolute Gasteiger partial charge is 0.355 e. The normalized spacial score (nSPS) is 14.3. The highest BCUT2D eigenvalue weighted by Crippen LogP contribution is 2.38. The van der Waals surface area contributed by atoms with E-state index in [1.807, 2.05) is 6.92 Å². The molecule has 2 N–H and O–H groups in total. The standard InChI is InChI=1S/C18H20ClNO5/c1-9-15(11(3)21)10(2)20-16(9)18(22)25-8-12-6-13(19)17-14(7-12)23-4-5-24-17/h6-7,11,20-21H,4-5,8H2,1-3H3/t11-/m0/s1. The average Bonchev–Trinajstić information content (AvgIpc) is 2.87. The van der Waals surface area contributed by atoms with Crippen molar-refractivity contribution in [2.45, 2.75) is 33.5 Å². The van der Waals surface area contributed by atoms with Crippen LogP contribution in [0.15, 0.2) is 12.1 Å². The van der Waals surface area contributed by atoms with E-state index in [-0.39, 0.29) is 6.61 Å². The summed E-state index contributed by atoms with van der Waals surface area (Å²) >= 11 is 6.18. The lowest BCUT2D eigenvalue weighted by atomic mass is 10.1. The molecule has 7 heteroatoms. The van der Waals surface area contributed by atoms with Gasteiger partial charge in [-0.25, -0.2) is 4.79 Å². The molecule has 0 bridgehead atoms. The van der Waals surface area contributed by atoms with Gasteiger partial charge in [-0.05, 0) is 44.0 Å². The fourth-order valence-corrected chi connectivity index (χ4v) is 3.35. The number of hydrogen-bond donors (Lipinski definition) is 2. The highest BCUT2D eigenvalue weighted by atomic mass is 35.5. The van der Waals surface area contributed by atoms with Gasteiger partial charge in [0.05, 0.1) is 11.1 Å². The van der Waals surface area contributed by atoms with Gasteiger partial charge < -0.3 is 24.3 Å². The van der Waals surface area contributed by atoms with Gasteiger partial charge in [0.25, 0.3) is 0 Å². The lowest BCUT2D eigenvalue weighted by Crippen LogP contribution is -2.16. The van der Waals surface area contributed by atoms with Gasteiger partial charge in [0.1, 0.15) is 25.5 Å². The van der Waals surface area contributed by atoms with Crippen LogP contribution in [0.2, 0.25) is 5.02 Å². The van der Waals surface area contributed by atoms with Crippen LogP contribution < -0.4 is 9.47 Å². The first kappa shape index (κ1) is 17.6. The number of nitrogens with one attached hydrogen (secondary N) is 1. The average molecular weight is 366 g/mol. The van der Waals surface area contributed by atoms with E-state index < -0.39 is 12.1 Å². The third kappa shape index (κ3) is 3.45. The number of hydrogen-bond acceptors (Lipinski definition) is 5. The Labute approximate surface area is 150 Å². The Morgan fingerprint density at radius 2 is 2.08 bits per heavy atom. The Bertz CT molecular complexity index is 812. The highest BCUT2D eigenvalue weighted by Gasteiger charge is 2.22. The number of aliphatic hydroxyl groups is 1. The van der Waals surface area contributed by atoms with Crippen molar-refractivity contribution in [2.75, 3.05) is 13.2 Å². The molecule has 0 radical (unpaired) electrons. The van der Waals surface area contributed by atoms with Crippen molar-refractivity contribution in [3.05, 3.63) is 45.2 Å². The van der Waals surface area contributed by atoms with Crippen LogP contribution in [0.5, 0.6) is 11.5 Å². The summed E-state index contributed by atoms with van der Waals surface area (Å²) in [6.07, 6.45) is -0.658. The fourth-order valence-electron chi connectivity index (χ4n) is 3.06. The highest BCUT2D eigenvalue weighted by molar-refractivity contribution is 6.32. The predicted octanol–water partition coefficient (Wildman–Crippen LogP) is 3.47. The van der Waals surface area contributed by atoms with Gasteiger partial charge in [-0.1, -0.05) is 11.6 Å². The van der Waals surface area contributed by atoms with E-state index in [1.54, 1.807) is 26.0 Å². The minimum Gasteiger partial charge on any atom is -0.486 e. The van der Waals surface area contributed by atoms with Crippen molar-refractivity contribution in [1.29, 1.82) is 0 Å². The molecule has 1 aromatic heterocycles. The molecule has 0 unspecified atom stereocenters. The molecule has 0 fully saturated rings. The van der Waals surface area contributed by atoms with Gasteiger partial charge in [0.15, 0.2) is 11.5 Å². The van der Waals surface area contributed by atoms with E-state index in [1.165, 1.54) is 0 Å². The number of carbonyl (C=O) groups is 1. The Balaban J connectivity index is 1.75. The number of rotatable bonds is 4. The lowest BCUT2D eigenvalue weighted by molar-refractivity contribution is 0.0464. The van der Waals surface area contributed by atoms with Gasteiger partial charge in [-0.3, -0.25) is 0 Å². The van der Waals surface area contributed by atoms with E-state index >= 15 is 0 Å². The molecule has 25 heavy (non-hydrogen) atoms. The van der Waals surface area contributed by atoms with E-state index in [0.29, 0.717) is 52.1 Å². The zero-order valence-electron chi connectivity index (χ0n) is 14.3. The monoisotopic (exact) mass is 365 g/mol. The van der Waals surface area contributed by atoms with Gasteiger partial charge >= 0.3 is 5.97 Å². The lowest BCUT2D eigenvalue weighted by Gasteiger charge is -2.20. The topological polar surface area (TPSA) is 80.8 Å². The number of aromatic nitrogens is 1. The molecule has 0 amide bonds. The maximum absolute atomic E-state index is 12.4. The minimum atomic E-state index is -0.658. The second-order valence-corrected chi connectivity index (χ2v) is 6.42. The quantitative estimate of drug-likeness (QED) is 0.811. The largest absolute Gasteiger partial charge is 0.486 e. The summed E-state index contributed by atoms with van der Waals surface area (Å²) in [5, 5.41) is 10.2. The number of benzene rings is 1. The predicted molar refractivity (Wildman–Crippen MR) is 92.5 cm³/mol. The molecule has 6 nitrogen and oxygen atoms in total. The number of esters is 1. The van der Waals surface area contributed by atoms with Crippen molar-refractivity contribution in [3.8, 4) is 11.5 Å². The van der Waals surface area contributed by atoms with Crippen molar-refractivity contribution in [2.24, 2.45) is 0 Å². The first-order chi connectivity index (χ1) is 11.9. The molecule has 1 atom stereocenters. The third-order valence-electron chi connectivity index (χ3n) is 4.14. The Hall–Kier alpha value is -2.18. The molecule has 0 spiro atoms. The summed E-state index contributed by atoms with van der Waals surface area (Å²) in [6, 6.07) is 3.44. The molecule has 134 valence electrons. The number of ether oxygens (including phenoxy) is 3. The molecule has 0 saturated carbocycles. The zero-order valence-corrected chi connectivity index (χ0v) is 15.1. The van der Waals surface area contributed by atoms with Crippen LogP contribution in [-0.4, -0.2) is 29.3 Å². The number of H-pyrrole nitrogens is 1. The molecule has 2 aromatic rings. The summed E-state index contributed by atoms with van der Waals surface area (Å²) in [7, 11) is 0. The third-order valence-corrected chi connectivity index (χ3v) is 4.42. The maximum atomic E-state index is 12.4. The summed E-state index contributed by atoms with van der Waals surface area (Å²) in [6.45, 7) is 6.22. The molecular formula is C18H20ClNO5. The number of aryl methyl sites for hydroxylation is 1. The Morgan fingerprint density at radius 3 is 2.76 bits per heavy atom. The second-order valence-electron chi connectivity index (χ2n) is 6.02. The Kier molecular flexibility index (Phi) is 4.92. The van der Waals surface area contributed by atoms with Crippen LogP contribution in [0.3, 0.4) is 0 Å². The molecule has 0 saturated heterocycles. The van der Waals surface area contributed by atoms with Crippen LogP contribution in [0.1, 0.15) is 45.9 Å². The first-order valence-electron chi connectivity index (χ1n) is 8.00. The maximum Gasteiger partial charge on any atom is 0.355 e. The van der Waals surface area contributed by atoms with Crippen LogP contribution in [0.4, 0.5) is 0 Å². The SMILES string of the molecule is Cc1[nH]c(C(=O)OCc2cc(Cl)c3c(c2)OCCO3)c(C)c1[C@H](C)O. The number of halogens is 1. The molecule has 1 aliphatic rings. The molecule has 0 aliphatic carbocycles. The second kappa shape index (κ2) is 6.98. The van der Waals surface area contributed by atoms with Gasteiger partial charge in [0, 0.05) is 11.3 Å². The molecule has 1 aromatic carbocycles. The molecule has 3 rings (SSSR count). The van der Waals surface area contributed by atoms with Crippen LogP contribution >= 0.6 is 11.6 Å². The summed E-state index contributed by atoms with van der Waals surface area (Å²) < 4.78 is 16.4. The van der Waals surface area contributed by atoms with Crippen LogP contribution in [-0.2, 0) is 11.3 Å². The summed E-state index contributed by atoms with van der Waals surface area (Å²) in [5.74, 6) is 0.576. The first-order valence-corrected chi connectivity index (χ1v) is 8.38. The number of fused-ring (bicyclic) bond motifs is 1. The summed E-state index contributed by atoms with van der Waals surface area (Å²) in [4.78, 5) is 15.4. The van der Waals surface area contributed by atoms with Gasteiger partial charge in [0.2, 0.25) is 0 Å². The van der Waals surface area contributed by atoms with Gasteiger partial charge in [-0.2, -0.15) is 0 Å². The molecule has 2 heterocycles. The molecule has 1 aliphatic heterocycles. The van der Waals surface area contributed by atoms with E-state index in [0.717, 1.165) is 5.69 Å². The number of aromatic amines is 1. The van der Waals surface area contributed by atoms with E-state index in [4.69, 9.17) is 25.8 Å². The van der Waals surface area contributed by atoms with E-state index in [9.17, 15) is 9.90 Å². The fraction of sp³-hybridized carbons (Fsp3) is 0.389. The Morgan fingerprint density at radius 1 is 1.36 bits per heavy atom. The molecular weight excluding hydrogens is 346 g/mol. The summed E-state index contributed by atoms with van der Waals surface area (Å²) in [5.41, 5.74) is 3.21. The zero-order chi connectivity index (χ0) is 18.1. The van der Waals surface area contributed by atoms with Crippen LogP contribution in [0, 0.1) is 13.8 Å². The number of aliphatic hydroxyl groups excluding tert-OH is 1.